The van der Waals surface area contributed by atoms with Crippen LogP contribution in [-0.4, -0.2) is 76.0 Å². The van der Waals surface area contributed by atoms with Gasteiger partial charge in [0.05, 0.1) is 38.3 Å². The van der Waals surface area contributed by atoms with Gasteiger partial charge in [-0.3, -0.25) is 9.69 Å². The number of piperidine rings is 4. The number of rotatable bonds is 5. The van der Waals surface area contributed by atoms with Crippen LogP contribution in [0, 0.1) is 11.3 Å². The molecule has 39 heavy (non-hydrogen) atoms. The van der Waals surface area contributed by atoms with Gasteiger partial charge in [0.25, 0.3) is 0 Å². The zero-order valence-corrected chi connectivity index (χ0v) is 23.0. The Morgan fingerprint density at radius 3 is 2.54 bits per heavy atom. The molecular weight excluding hydrogens is 496 g/mol. The van der Waals surface area contributed by atoms with Gasteiger partial charge in [-0.2, -0.15) is 0 Å². The van der Waals surface area contributed by atoms with Crippen molar-refractivity contribution >= 4 is 17.6 Å². The number of esters is 2. The fourth-order valence-electron chi connectivity index (χ4n) is 9.28. The molecule has 5 fully saturated rings. The van der Waals surface area contributed by atoms with E-state index in [1.165, 1.54) is 19.8 Å². The molecule has 5 aliphatic heterocycles. The molecule has 8 unspecified atom stereocenters. The highest BCUT2D eigenvalue weighted by molar-refractivity contribution is 5.92. The van der Waals surface area contributed by atoms with E-state index in [1.54, 1.807) is 25.3 Å². The second kappa shape index (κ2) is 8.24. The number of carbonyl (C=O) groups excluding carboxylic acids is 2. The summed E-state index contributed by atoms with van der Waals surface area (Å²) >= 11 is 0. The van der Waals surface area contributed by atoms with Crippen LogP contribution in [0.15, 0.2) is 54.1 Å². The standard InChI is InChI=1S/C31H34N2O6/c1-6-17-16-33-22-14-20(17)31(29(35)38-5)25(33)15-30(19-9-7-8-10-21(19)32(2)26(22)30)28(31)39-27(34)18-11-12-23(36-3)24(13-18)37-4/h6-13,20,22,25-26,28H,14-16H2,1-5H3. The van der Waals surface area contributed by atoms with Gasteiger partial charge in [0.15, 0.2) is 11.5 Å². The number of ether oxygens (including phenoxy) is 4. The first-order valence-electron chi connectivity index (χ1n) is 13.6. The molecule has 5 heterocycles. The quantitative estimate of drug-likeness (QED) is 0.429. The van der Waals surface area contributed by atoms with Crippen LogP contribution in [-0.2, 0) is 19.7 Å². The monoisotopic (exact) mass is 530 g/mol. The molecule has 2 aromatic rings. The molecule has 0 radical (unpaired) electrons. The van der Waals surface area contributed by atoms with Crippen LogP contribution < -0.4 is 14.4 Å². The number of hydrogen-bond donors (Lipinski definition) is 0. The van der Waals surface area contributed by atoms with Gasteiger partial charge in [0.2, 0.25) is 0 Å². The molecule has 8 rings (SSSR count). The summed E-state index contributed by atoms with van der Waals surface area (Å²) in [5.74, 6) is 0.166. The number of allylic oxidation sites excluding steroid dienone is 1. The molecule has 0 aromatic heterocycles. The van der Waals surface area contributed by atoms with E-state index in [1.807, 2.05) is 6.92 Å². The average Bonchev–Trinajstić information content (AvgIpc) is 3.37. The number of benzene rings is 2. The van der Waals surface area contributed by atoms with Gasteiger partial charge in [-0.1, -0.05) is 29.8 Å². The second-order valence-corrected chi connectivity index (χ2v) is 11.5. The summed E-state index contributed by atoms with van der Waals surface area (Å²) in [6, 6.07) is 13.7. The normalized spacial score (nSPS) is 37.5. The fourth-order valence-corrected chi connectivity index (χ4v) is 9.28. The molecule has 1 saturated carbocycles. The Hall–Kier alpha value is -3.52. The summed E-state index contributed by atoms with van der Waals surface area (Å²) in [4.78, 5) is 33.1. The van der Waals surface area contributed by atoms with Crippen LogP contribution in [0.25, 0.3) is 0 Å². The number of nitrogens with zero attached hydrogens (tertiary/aromatic N) is 2. The largest absolute Gasteiger partial charge is 0.493 e. The van der Waals surface area contributed by atoms with E-state index in [0.29, 0.717) is 17.1 Å². The van der Waals surface area contributed by atoms with Crippen molar-refractivity contribution in [3.63, 3.8) is 0 Å². The Bertz CT molecular complexity index is 1420. The van der Waals surface area contributed by atoms with Gasteiger partial charge >= 0.3 is 11.9 Å². The molecule has 8 heteroatoms. The number of likely N-dealkylation sites (N-methyl/N-ethyl adjacent to an activating group) is 1. The van der Waals surface area contributed by atoms with Crippen LogP contribution in [0.3, 0.4) is 0 Å². The number of carbonyl (C=O) groups is 2. The Labute approximate surface area is 228 Å². The predicted molar refractivity (Wildman–Crippen MR) is 144 cm³/mol. The minimum atomic E-state index is -0.995. The van der Waals surface area contributed by atoms with Gasteiger partial charge in [-0.05, 0) is 49.6 Å². The Balaban J connectivity index is 1.44. The summed E-state index contributed by atoms with van der Waals surface area (Å²) in [5.41, 5.74) is 2.36. The second-order valence-electron chi connectivity index (χ2n) is 11.5. The van der Waals surface area contributed by atoms with E-state index in [0.717, 1.165) is 30.6 Å². The molecule has 1 aliphatic carbocycles. The van der Waals surface area contributed by atoms with E-state index >= 15 is 0 Å². The number of para-hydroxylation sites is 1. The van der Waals surface area contributed by atoms with Crippen molar-refractivity contribution in [2.24, 2.45) is 11.3 Å². The molecule has 204 valence electrons. The average molecular weight is 531 g/mol. The highest BCUT2D eigenvalue weighted by atomic mass is 16.6. The Morgan fingerprint density at radius 1 is 1.05 bits per heavy atom. The smallest absolute Gasteiger partial charge is 0.338 e. The fraction of sp³-hybridized carbons (Fsp3) is 0.484. The van der Waals surface area contributed by atoms with Crippen molar-refractivity contribution in [1.29, 1.82) is 0 Å². The molecule has 0 amide bonds. The van der Waals surface area contributed by atoms with E-state index in [-0.39, 0.29) is 30.0 Å². The Kier molecular flexibility index (Phi) is 5.18. The first kappa shape index (κ1) is 24.5. The lowest BCUT2D eigenvalue weighted by atomic mass is 9.58. The molecule has 1 spiro atoms. The van der Waals surface area contributed by atoms with Crippen molar-refractivity contribution in [2.75, 3.05) is 39.8 Å². The summed E-state index contributed by atoms with van der Waals surface area (Å²) in [6.45, 7) is 2.88. The summed E-state index contributed by atoms with van der Waals surface area (Å²) in [5, 5.41) is 0. The first-order valence-corrected chi connectivity index (χ1v) is 13.6. The lowest BCUT2D eigenvalue weighted by Gasteiger charge is -2.61. The lowest BCUT2D eigenvalue weighted by Crippen LogP contribution is -2.71. The number of fused-ring (bicyclic) bond motifs is 2. The van der Waals surface area contributed by atoms with Crippen molar-refractivity contribution in [1.82, 2.24) is 4.90 Å². The highest BCUT2D eigenvalue weighted by Gasteiger charge is 2.84. The number of methoxy groups -OCH3 is 3. The van der Waals surface area contributed by atoms with Crippen molar-refractivity contribution in [2.45, 2.75) is 49.4 Å². The molecule has 8 nitrogen and oxygen atoms in total. The molecule has 2 aromatic carbocycles. The van der Waals surface area contributed by atoms with Crippen molar-refractivity contribution in [3.8, 4) is 11.5 Å². The van der Waals surface area contributed by atoms with Crippen LogP contribution in [0.4, 0.5) is 5.69 Å². The zero-order chi connectivity index (χ0) is 27.3. The molecule has 8 atom stereocenters. The van der Waals surface area contributed by atoms with Gasteiger partial charge in [0, 0.05) is 37.3 Å². The van der Waals surface area contributed by atoms with Crippen LogP contribution in [0.5, 0.6) is 11.5 Å². The maximum absolute atomic E-state index is 14.2. The van der Waals surface area contributed by atoms with E-state index in [4.69, 9.17) is 18.9 Å². The lowest BCUT2D eigenvalue weighted by molar-refractivity contribution is -0.180. The van der Waals surface area contributed by atoms with E-state index in [9.17, 15) is 9.59 Å². The van der Waals surface area contributed by atoms with Gasteiger partial charge in [-0.15, -0.1) is 0 Å². The predicted octanol–water partition coefficient (Wildman–Crippen LogP) is 3.58. The summed E-state index contributed by atoms with van der Waals surface area (Å²) in [6.07, 6.45) is 3.02. The number of hydrogen-bond acceptors (Lipinski definition) is 8. The summed E-state index contributed by atoms with van der Waals surface area (Å²) < 4.78 is 23.1. The van der Waals surface area contributed by atoms with Crippen LogP contribution in [0.2, 0.25) is 0 Å². The maximum atomic E-state index is 14.2. The molecular formula is C31H34N2O6. The van der Waals surface area contributed by atoms with Gasteiger partial charge < -0.3 is 23.8 Å². The molecule has 6 bridgehead atoms. The molecule has 0 N–H and O–H groups in total. The minimum absolute atomic E-state index is 0.0521. The van der Waals surface area contributed by atoms with Crippen molar-refractivity contribution in [3.05, 3.63) is 65.2 Å². The maximum Gasteiger partial charge on any atom is 0.338 e. The third-order valence-corrected chi connectivity index (χ3v) is 10.5. The van der Waals surface area contributed by atoms with E-state index < -0.39 is 22.9 Å². The van der Waals surface area contributed by atoms with Gasteiger partial charge in [-0.25, -0.2) is 4.79 Å². The molecule has 6 aliphatic rings. The SMILES string of the molecule is CC=C1CN2C3CC1C1(C(=O)OC)C2CC2(c4ccccc4N(C)C32)C1OC(=O)c1ccc(OC)c(OC)c1. The van der Waals surface area contributed by atoms with E-state index in [2.05, 4.69) is 47.2 Å². The van der Waals surface area contributed by atoms with Crippen LogP contribution in [0.1, 0.15) is 35.7 Å². The third kappa shape index (κ3) is 2.73. The van der Waals surface area contributed by atoms with Gasteiger partial charge in [0.1, 0.15) is 11.5 Å². The van der Waals surface area contributed by atoms with Crippen molar-refractivity contribution < 1.29 is 28.5 Å². The highest BCUT2D eigenvalue weighted by Crippen LogP contribution is 2.73. The summed E-state index contributed by atoms with van der Waals surface area (Å²) in [7, 11) is 6.70. The molecule has 4 saturated heterocycles. The minimum Gasteiger partial charge on any atom is -0.493 e. The zero-order valence-electron chi connectivity index (χ0n) is 23.0. The first-order chi connectivity index (χ1) is 18.9. The third-order valence-electron chi connectivity index (χ3n) is 10.5. The number of anilines is 1. The topological polar surface area (TPSA) is 77.5 Å². The van der Waals surface area contributed by atoms with Crippen LogP contribution >= 0.6 is 0 Å². The Morgan fingerprint density at radius 2 is 1.82 bits per heavy atom.